The van der Waals surface area contributed by atoms with Crippen molar-refractivity contribution in [2.75, 3.05) is 24.6 Å². The highest BCUT2D eigenvalue weighted by molar-refractivity contribution is 5.65. The molecule has 0 bridgehead atoms. The summed E-state index contributed by atoms with van der Waals surface area (Å²) in [6.07, 6.45) is 4.11. The summed E-state index contributed by atoms with van der Waals surface area (Å²) < 4.78 is 7.62. The van der Waals surface area contributed by atoms with Crippen LogP contribution in [-0.2, 0) is 4.74 Å². The van der Waals surface area contributed by atoms with Crippen molar-refractivity contribution in [3.05, 3.63) is 42.7 Å². The first kappa shape index (κ1) is 15.1. The SMILES string of the molecule is CCN(CC1CCCO1)c1cc(-c2ccccc2)nc2ncnn12. The van der Waals surface area contributed by atoms with Crippen molar-refractivity contribution in [2.24, 2.45) is 0 Å². The standard InChI is InChI=1S/C18H21N5O/c1-2-22(12-15-9-6-10-24-15)17-11-16(14-7-4-3-5-8-14)21-18-19-13-20-23(17)18/h3-5,7-8,11,13,15H,2,6,9-10,12H2,1H3. The Balaban J connectivity index is 1.76. The van der Waals surface area contributed by atoms with E-state index in [9.17, 15) is 0 Å². The van der Waals surface area contributed by atoms with E-state index >= 15 is 0 Å². The third-order valence-corrected chi connectivity index (χ3v) is 4.46. The molecule has 3 aromatic rings. The molecule has 6 heteroatoms. The average Bonchev–Trinajstić information content (AvgIpc) is 3.31. The van der Waals surface area contributed by atoms with E-state index < -0.39 is 0 Å². The molecule has 24 heavy (non-hydrogen) atoms. The number of fused-ring (bicyclic) bond motifs is 1. The summed E-state index contributed by atoms with van der Waals surface area (Å²) in [4.78, 5) is 11.2. The highest BCUT2D eigenvalue weighted by Crippen LogP contribution is 2.25. The second-order valence-electron chi connectivity index (χ2n) is 6.01. The molecule has 0 spiro atoms. The third kappa shape index (κ3) is 2.85. The fourth-order valence-electron chi connectivity index (χ4n) is 3.20. The van der Waals surface area contributed by atoms with Crippen molar-refractivity contribution in [3.8, 4) is 11.3 Å². The molecule has 6 nitrogen and oxygen atoms in total. The van der Waals surface area contributed by atoms with Crippen molar-refractivity contribution in [1.29, 1.82) is 0 Å². The highest BCUT2D eigenvalue weighted by atomic mass is 16.5. The van der Waals surface area contributed by atoms with E-state index in [-0.39, 0.29) is 6.10 Å². The number of likely N-dealkylation sites (N-methyl/N-ethyl adjacent to an activating group) is 1. The van der Waals surface area contributed by atoms with E-state index in [2.05, 4.69) is 45.1 Å². The van der Waals surface area contributed by atoms with Gasteiger partial charge in [-0.3, -0.25) is 0 Å². The summed E-state index contributed by atoms with van der Waals surface area (Å²) >= 11 is 0. The maximum Gasteiger partial charge on any atom is 0.254 e. The Bertz CT molecular complexity index is 811. The Hall–Kier alpha value is -2.47. The predicted octanol–water partition coefficient (Wildman–Crippen LogP) is 2.80. The van der Waals surface area contributed by atoms with Crippen LogP contribution < -0.4 is 4.90 Å². The molecule has 1 aliphatic heterocycles. The first-order valence-corrected chi connectivity index (χ1v) is 8.48. The number of benzene rings is 1. The minimum Gasteiger partial charge on any atom is -0.376 e. The predicted molar refractivity (Wildman–Crippen MR) is 93.1 cm³/mol. The molecule has 0 saturated carbocycles. The van der Waals surface area contributed by atoms with E-state index in [0.29, 0.717) is 5.78 Å². The number of nitrogens with zero attached hydrogens (tertiary/aromatic N) is 5. The largest absolute Gasteiger partial charge is 0.376 e. The molecule has 1 aromatic carbocycles. The maximum absolute atomic E-state index is 5.81. The summed E-state index contributed by atoms with van der Waals surface area (Å²) in [5.41, 5.74) is 1.99. The molecule has 0 radical (unpaired) electrons. The molecule has 1 saturated heterocycles. The fraction of sp³-hybridized carbons (Fsp3) is 0.389. The van der Waals surface area contributed by atoms with E-state index in [1.165, 1.54) is 0 Å². The van der Waals surface area contributed by atoms with Gasteiger partial charge >= 0.3 is 0 Å². The number of ether oxygens (including phenoxy) is 1. The van der Waals surface area contributed by atoms with Gasteiger partial charge in [0.05, 0.1) is 11.8 Å². The minimum atomic E-state index is 0.289. The third-order valence-electron chi connectivity index (χ3n) is 4.46. The Labute approximate surface area is 141 Å². The molecule has 124 valence electrons. The molecule has 0 aliphatic carbocycles. The molecular weight excluding hydrogens is 302 g/mol. The van der Waals surface area contributed by atoms with E-state index in [4.69, 9.17) is 4.74 Å². The Morgan fingerprint density at radius 2 is 2.17 bits per heavy atom. The highest BCUT2D eigenvalue weighted by Gasteiger charge is 2.21. The van der Waals surface area contributed by atoms with Crippen LogP contribution in [0.4, 0.5) is 5.82 Å². The van der Waals surface area contributed by atoms with Gasteiger partial charge in [0.15, 0.2) is 0 Å². The van der Waals surface area contributed by atoms with Crippen molar-refractivity contribution < 1.29 is 4.74 Å². The topological polar surface area (TPSA) is 55.5 Å². The minimum absolute atomic E-state index is 0.289. The second-order valence-corrected chi connectivity index (χ2v) is 6.01. The number of aromatic nitrogens is 4. The summed E-state index contributed by atoms with van der Waals surface area (Å²) in [6.45, 7) is 4.77. The van der Waals surface area contributed by atoms with Crippen LogP contribution in [-0.4, -0.2) is 45.4 Å². The van der Waals surface area contributed by atoms with Gasteiger partial charge in [-0.15, -0.1) is 0 Å². The van der Waals surface area contributed by atoms with Crippen LogP contribution >= 0.6 is 0 Å². The van der Waals surface area contributed by atoms with Crippen molar-refractivity contribution in [1.82, 2.24) is 19.6 Å². The van der Waals surface area contributed by atoms with Gasteiger partial charge < -0.3 is 9.64 Å². The molecule has 0 N–H and O–H groups in total. The van der Waals surface area contributed by atoms with Gasteiger partial charge in [-0.05, 0) is 19.8 Å². The van der Waals surface area contributed by atoms with Gasteiger partial charge in [0.25, 0.3) is 5.78 Å². The molecule has 0 amide bonds. The van der Waals surface area contributed by atoms with E-state index in [1.807, 2.05) is 22.7 Å². The van der Waals surface area contributed by atoms with Crippen molar-refractivity contribution in [2.45, 2.75) is 25.9 Å². The molecule has 1 fully saturated rings. The zero-order valence-corrected chi connectivity index (χ0v) is 13.8. The van der Waals surface area contributed by atoms with Crippen LogP contribution in [0.2, 0.25) is 0 Å². The van der Waals surface area contributed by atoms with Crippen molar-refractivity contribution in [3.63, 3.8) is 0 Å². The number of anilines is 1. The first-order chi connectivity index (χ1) is 11.8. The quantitative estimate of drug-likeness (QED) is 0.723. The lowest BCUT2D eigenvalue weighted by Gasteiger charge is -2.26. The number of rotatable bonds is 5. The van der Waals surface area contributed by atoms with Gasteiger partial charge in [0, 0.05) is 31.3 Å². The summed E-state index contributed by atoms with van der Waals surface area (Å²) in [7, 11) is 0. The van der Waals surface area contributed by atoms with Crippen LogP contribution in [0.1, 0.15) is 19.8 Å². The Kier molecular flexibility index (Phi) is 4.13. The number of hydrogen-bond donors (Lipinski definition) is 0. The van der Waals surface area contributed by atoms with E-state index in [0.717, 1.165) is 49.6 Å². The van der Waals surface area contributed by atoms with Crippen LogP contribution in [0, 0.1) is 0 Å². The van der Waals surface area contributed by atoms with Crippen LogP contribution in [0.25, 0.3) is 17.0 Å². The fourth-order valence-corrected chi connectivity index (χ4v) is 3.20. The summed E-state index contributed by atoms with van der Waals surface area (Å²) in [6, 6.07) is 12.3. The molecule has 3 heterocycles. The maximum atomic E-state index is 5.81. The molecule has 2 aromatic heterocycles. The van der Waals surface area contributed by atoms with Crippen LogP contribution in [0.3, 0.4) is 0 Å². The normalized spacial score (nSPS) is 17.5. The zero-order valence-electron chi connectivity index (χ0n) is 13.8. The van der Waals surface area contributed by atoms with Crippen LogP contribution in [0.5, 0.6) is 0 Å². The monoisotopic (exact) mass is 323 g/mol. The summed E-state index contributed by atoms with van der Waals surface area (Å²) in [5, 5.41) is 4.36. The molecule has 1 unspecified atom stereocenters. The van der Waals surface area contributed by atoms with Gasteiger partial charge in [-0.25, -0.2) is 4.98 Å². The Morgan fingerprint density at radius 1 is 1.29 bits per heavy atom. The Morgan fingerprint density at radius 3 is 2.92 bits per heavy atom. The smallest absolute Gasteiger partial charge is 0.254 e. The lowest BCUT2D eigenvalue weighted by atomic mass is 10.1. The molecule has 1 atom stereocenters. The van der Waals surface area contributed by atoms with Gasteiger partial charge in [0.2, 0.25) is 0 Å². The van der Waals surface area contributed by atoms with Crippen molar-refractivity contribution >= 4 is 11.6 Å². The average molecular weight is 323 g/mol. The van der Waals surface area contributed by atoms with Gasteiger partial charge in [-0.1, -0.05) is 30.3 Å². The molecule has 1 aliphatic rings. The van der Waals surface area contributed by atoms with Gasteiger partial charge in [-0.2, -0.15) is 14.6 Å². The summed E-state index contributed by atoms with van der Waals surface area (Å²) in [5.74, 6) is 1.63. The second kappa shape index (κ2) is 6.57. The molecule has 4 rings (SSSR count). The lowest BCUT2D eigenvalue weighted by molar-refractivity contribution is 0.115. The molecular formula is C18H21N5O. The number of hydrogen-bond acceptors (Lipinski definition) is 5. The van der Waals surface area contributed by atoms with Crippen LogP contribution in [0.15, 0.2) is 42.7 Å². The lowest BCUT2D eigenvalue weighted by Crippen LogP contribution is -2.33. The van der Waals surface area contributed by atoms with E-state index in [1.54, 1.807) is 6.33 Å². The zero-order chi connectivity index (χ0) is 16.4. The van der Waals surface area contributed by atoms with Gasteiger partial charge in [0.1, 0.15) is 12.1 Å². The first-order valence-electron chi connectivity index (χ1n) is 8.48.